The van der Waals surface area contributed by atoms with Gasteiger partial charge in [-0.1, -0.05) is 39.8 Å². The molecule has 1 aromatic carbocycles. The summed E-state index contributed by atoms with van der Waals surface area (Å²) in [5.74, 6) is 0.664. The third-order valence-corrected chi connectivity index (χ3v) is 4.88. The highest BCUT2D eigenvalue weighted by Gasteiger charge is 2.25. The van der Waals surface area contributed by atoms with Crippen LogP contribution in [0.5, 0.6) is 0 Å². The van der Waals surface area contributed by atoms with Crippen molar-refractivity contribution in [2.24, 2.45) is 11.3 Å². The number of nitrogens with one attached hydrogen (secondary N) is 2. The van der Waals surface area contributed by atoms with Crippen LogP contribution in [0, 0.1) is 11.3 Å². The maximum absolute atomic E-state index is 12.0. The smallest absolute Gasteiger partial charge is 0.251 e. The van der Waals surface area contributed by atoms with Gasteiger partial charge in [0.1, 0.15) is 0 Å². The second kappa shape index (κ2) is 6.18. The summed E-state index contributed by atoms with van der Waals surface area (Å²) in [6.45, 7) is 9.90. The zero-order chi connectivity index (χ0) is 15.6. The van der Waals surface area contributed by atoms with E-state index in [1.54, 1.807) is 0 Å². The first-order valence-electron chi connectivity index (χ1n) is 7.91. The number of fused-ring (bicyclic) bond motifs is 1. The Hall–Kier alpha value is -1.35. The van der Waals surface area contributed by atoms with Gasteiger partial charge in [-0.2, -0.15) is 0 Å². The zero-order valence-electron chi connectivity index (χ0n) is 13.9. The summed E-state index contributed by atoms with van der Waals surface area (Å²) in [6, 6.07) is 6.66. The topological polar surface area (TPSA) is 41.1 Å². The number of carbonyl (C=O) groups is 1. The maximum Gasteiger partial charge on any atom is 0.251 e. The van der Waals surface area contributed by atoms with E-state index >= 15 is 0 Å². The van der Waals surface area contributed by atoms with Gasteiger partial charge in [0.15, 0.2) is 0 Å². The number of amides is 1. The molecular formula is C18H28N2O. The molecule has 1 aliphatic heterocycles. The van der Waals surface area contributed by atoms with Crippen LogP contribution in [-0.4, -0.2) is 19.5 Å². The second-order valence-electron chi connectivity index (χ2n) is 7.27. The molecule has 0 aliphatic carbocycles. The average Bonchev–Trinajstić information content (AvgIpc) is 2.43. The molecule has 0 radical (unpaired) electrons. The highest BCUT2D eigenvalue weighted by atomic mass is 16.1. The molecule has 0 fully saturated rings. The van der Waals surface area contributed by atoms with E-state index < -0.39 is 0 Å². The van der Waals surface area contributed by atoms with Gasteiger partial charge in [-0.15, -0.1) is 0 Å². The van der Waals surface area contributed by atoms with Crippen LogP contribution in [0.2, 0.25) is 0 Å². The lowest BCUT2D eigenvalue weighted by Crippen LogP contribution is -2.32. The molecule has 21 heavy (non-hydrogen) atoms. The Morgan fingerprint density at radius 3 is 2.67 bits per heavy atom. The summed E-state index contributed by atoms with van der Waals surface area (Å²) < 4.78 is 0. The molecule has 0 bridgehead atoms. The Bertz CT molecular complexity index is 516. The van der Waals surface area contributed by atoms with Crippen molar-refractivity contribution < 1.29 is 4.79 Å². The Balaban J connectivity index is 2.23. The molecule has 116 valence electrons. The Kier molecular flexibility index (Phi) is 4.72. The molecule has 0 saturated heterocycles. The van der Waals surface area contributed by atoms with Crippen LogP contribution >= 0.6 is 0 Å². The van der Waals surface area contributed by atoms with Crippen molar-refractivity contribution >= 4 is 5.91 Å². The summed E-state index contributed by atoms with van der Waals surface area (Å²) in [5, 5.41) is 6.34. The molecule has 1 heterocycles. The molecule has 1 amide bonds. The van der Waals surface area contributed by atoms with Crippen LogP contribution in [-0.2, 0) is 6.42 Å². The minimum Gasteiger partial charge on any atom is -0.352 e. The van der Waals surface area contributed by atoms with Crippen molar-refractivity contribution in [3.05, 3.63) is 34.9 Å². The van der Waals surface area contributed by atoms with Crippen LogP contribution in [0.3, 0.4) is 0 Å². The molecule has 3 heteroatoms. The second-order valence-corrected chi connectivity index (χ2v) is 7.27. The molecule has 0 spiro atoms. The van der Waals surface area contributed by atoms with Crippen LogP contribution in [0.15, 0.2) is 18.2 Å². The molecular weight excluding hydrogens is 260 g/mol. The predicted molar refractivity (Wildman–Crippen MR) is 87.5 cm³/mol. The molecule has 2 unspecified atom stereocenters. The lowest BCUT2D eigenvalue weighted by atomic mass is 9.77. The monoisotopic (exact) mass is 288 g/mol. The van der Waals surface area contributed by atoms with Gasteiger partial charge in [0.25, 0.3) is 5.91 Å². The summed E-state index contributed by atoms with van der Waals surface area (Å²) in [6.07, 6.45) is 2.00. The zero-order valence-corrected chi connectivity index (χ0v) is 13.9. The van der Waals surface area contributed by atoms with E-state index in [9.17, 15) is 4.79 Å². The van der Waals surface area contributed by atoms with Crippen molar-refractivity contribution in [3.63, 3.8) is 0 Å². The van der Waals surface area contributed by atoms with Gasteiger partial charge < -0.3 is 10.6 Å². The Morgan fingerprint density at radius 2 is 2.05 bits per heavy atom. The molecule has 2 N–H and O–H groups in total. The van der Waals surface area contributed by atoms with Crippen molar-refractivity contribution in [2.45, 2.75) is 46.6 Å². The SMILES string of the molecule is CNC(CC(C)C(C)(C)C)c1ccc2c(c1)C(=O)NCC2. The fourth-order valence-electron chi connectivity index (χ4n) is 2.77. The predicted octanol–water partition coefficient (Wildman–Crippen LogP) is 3.31. The van der Waals surface area contributed by atoms with Gasteiger partial charge >= 0.3 is 0 Å². The first-order chi connectivity index (χ1) is 9.82. The fourth-order valence-corrected chi connectivity index (χ4v) is 2.77. The van der Waals surface area contributed by atoms with Crippen LogP contribution in [0.4, 0.5) is 0 Å². The van der Waals surface area contributed by atoms with Crippen LogP contribution < -0.4 is 10.6 Å². The van der Waals surface area contributed by atoms with Crippen molar-refractivity contribution in [2.75, 3.05) is 13.6 Å². The van der Waals surface area contributed by atoms with Gasteiger partial charge in [0.2, 0.25) is 0 Å². The standard InChI is InChI=1S/C18H28N2O/c1-12(18(2,3)4)10-16(19-5)14-7-6-13-8-9-20-17(21)15(13)11-14/h6-7,11-12,16,19H,8-10H2,1-5H3,(H,20,21). The molecule has 0 aromatic heterocycles. The normalized spacial score (nSPS) is 17.9. The number of benzene rings is 1. The van der Waals surface area contributed by atoms with Gasteiger partial charge in [-0.3, -0.25) is 4.79 Å². The van der Waals surface area contributed by atoms with E-state index in [1.807, 2.05) is 7.05 Å². The number of hydrogen-bond acceptors (Lipinski definition) is 2. The van der Waals surface area contributed by atoms with Crippen molar-refractivity contribution in [3.8, 4) is 0 Å². The fraction of sp³-hybridized carbons (Fsp3) is 0.611. The summed E-state index contributed by atoms with van der Waals surface area (Å²) in [7, 11) is 2.00. The van der Waals surface area contributed by atoms with E-state index in [0.717, 1.165) is 24.9 Å². The highest BCUT2D eigenvalue weighted by Crippen LogP contribution is 2.33. The van der Waals surface area contributed by atoms with E-state index in [-0.39, 0.29) is 5.91 Å². The number of rotatable bonds is 4. The van der Waals surface area contributed by atoms with Gasteiger partial charge in [-0.25, -0.2) is 0 Å². The lowest BCUT2D eigenvalue weighted by molar-refractivity contribution is 0.0946. The molecule has 3 nitrogen and oxygen atoms in total. The minimum absolute atomic E-state index is 0.0665. The van der Waals surface area contributed by atoms with E-state index in [2.05, 4.69) is 56.5 Å². The van der Waals surface area contributed by atoms with Crippen molar-refractivity contribution in [1.29, 1.82) is 0 Å². The molecule has 1 aromatic rings. The largest absolute Gasteiger partial charge is 0.352 e. The van der Waals surface area contributed by atoms with E-state index in [4.69, 9.17) is 0 Å². The molecule has 2 rings (SSSR count). The minimum atomic E-state index is 0.0665. The summed E-state index contributed by atoms with van der Waals surface area (Å²) >= 11 is 0. The average molecular weight is 288 g/mol. The highest BCUT2D eigenvalue weighted by molar-refractivity contribution is 5.96. The number of carbonyl (C=O) groups excluding carboxylic acids is 1. The van der Waals surface area contributed by atoms with Crippen LogP contribution in [0.1, 0.15) is 61.6 Å². The summed E-state index contributed by atoms with van der Waals surface area (Å²) in [5.41, 5.74) is 3.52. The van der Waals surface area contributed by atoms with Gasteiger partial charge in [0, 0.05) is 18.2 Å². The van der Waals surface area contributed by atoms with Gasteiger partial charge in [0.05, 0.1) is 0 Å². The maximum atomic E-state index is 12.0. The summed E-state index contributed by atoms with van der Waals surface area (Å²) in [4.78, 5) is 12.0. The number of hydrogen-bond donors (Lipinski definition) is 2. The first kappa shape index (κ1) is 16.0. The third-order valence-electron chi connectivity index (χ3n) is 4.88. The van der Waals surface area contributed by atoms with Crippen LogP contribution in [0.25, 0.3) is 0 Å². The quantitative estimate of drug-likeness (QED) is 0.892. The molecule has 2 atom stereocenters. The van der Waals surface area contributed by atoms with Crippen molar-refractivity contribution in [1.82, 2.24) is 10.6 Å². The third kappa shape index (κ3) is 3.65. The molecule has 1 aliphatic rings. The molecule has 0 saturated carbocycles. The van der Waals surface area contributed by atoms with Gasteiger partial charge in [-0.05, 0) is 48.4 Å². The van der Waals surface area contributed by atoms with E-state index in [1.165, 1.54) is 11.1 Å². The Morgan fingerprint density at radius 1 is 1.33 bits per heavy atom. The van der Waals surface area contributed by atoms with E-state index in [0.29, 0.717) is 17.4 Å². The lowest BCUT2D eigenvalue weighted by Gasteiger charge is -2.31. The Labute approximate surface area is 128 Å². The first-order valence-corrected chi connectivity index (χ1v) is 7.91.